The number of hydrogen-bond acceptors (Lipinski definition) is 4. The third-order valence-electron chi connectivity index (χ3n) is 6.16. The Morgan fingerprint density at radius 3 is 2.03 bits per heavy atom. The number of ketones is 1. The van der Waals surface area contributed by atoms with Crippen molar-refractivity contribution < 1.29 is 27.6 Å². The number of alkyl halides is 3. The summed E-state index contributed by atoms with van der Waals surface area (Å²) < 4.78 is 39.7. The second-order valence-electron chi connectivity index (χ2n) is 8.46. The Hall–Kier alpha value is -4.01. The molecular weight excluding hydrogens is 471 g/mol. The molecule has 1 fully saturated rings. The van der Waals surface area contributed by atoms with Crippen molar-refractivity contribution in [1.82, 2.24) is 14.8 Å². The van der Waals surface area contributed by atoms with Gasteiger partial charge >= 0.3 is 6.18 Å². The molecule has 9 heteroatoms. The van der Waals surface area contributed by atoms with Crippen molar-refractivity contribution in [2.45, 2.75) is 19.0 Å². The number of hydrogen-bond donors (Lipinski definition) is 0. The molecule has 1 aliphatic rings. The van der Waals surface area contributed by atoms with Gasteiger partial charge in [0.15, 0.2) is 5.78 Å². The van der Waals surface area contributed by atoms with Crippen LogP contribution in [0.2, 0.25) is 0 Å². The Bertz CT molecular complexity index is 1240. The molecule has 0 saturated carbocycles. The number of piperazine rings is 1. The molecule has 0 bridgehead atoms. The zero-order valence-corrected chi connectivity index (χ0v) is 19.4. The van der Waals surface area contributed by atoms with Crippen LogP contribution < -0.4 is 0 Å². The highest BCUT2D eigenvalue weighted by atomic mass is 19.4. The first-order valence-corrected chi connectivity index (χ1v) is 11.5. The summed E-state index contributed by atoms with van der Waals surface area (Å²) in [6.45, 7) is 0.579. The summed E-state index contributed by atoms with van der Waals surface area (Å²) in [4.78, 5) is 44.3. The van der Waals surface area contributed by atoms with Crippen LogP contribution in [-0.2, 0) is 11.0 Å². The number of aromatic nitrogens is 1. The van der Waals surface area contributed by atoms with Gasteiger partial charge in [0.1, 0.15) is 0 Å². The van der Waals surface area contributed by atoms with Gasteiger partial charge < -0.3 is 9.80 Å². The van der Waals surface area contributed by atoms with Crippen LogP contribution in [0.3, 0.4) is 0 Å². The molecule has 0 spiro atoms. The molecule has 4 rings (SSSR count). The Balaban J connectivity index is 1.28. The van der Waals surface area contributed by atoms with E-state index in [2.05, 4.69) is 4.98 Å². The number of pyridine rings is 1. The highest BCUT2D eigenvalue weighted by molar-refractivity contribution is 5.98. The van der Waals surface area contributed by atoms with Crippen LogP contribution in [0.5, 0.6) is 0 Å². The van der Waals surface area contributed by atoms with E-state index in [9.17, 15) is 27.6 Å². The lowest BCUT2D eigenvalue weighted by Crippen LogP contribution is -2.50. The highest BCUT2D eigenvalue weighted by Gasteiger charge is 2.37. The van der Waals surface area contributed by atoms with E-state index in [-0.39, 0.29) is 50.7 Å². The van der Waals surface area contributed by atoms with E-state index < -0.39 is 23.2 Å². The minimum absolute atomic E-state index is 0.0219. The van der Waals surface area contributed by atoms with Crippen molar-refractivity contribution in [2.75, 3.05) is 26.2 Å². The van der Waals surface area contributed by atoms with Gasteiger partial charge in [0.05, 0.1) is 11.1 Å². The van der Waals surface area contributed by atoms with E-state index in [1.165, 1.54) is 9.80 Å². The number of halogens is 3. The maximum absolute atomic E-state index is 13.2. The smallest absolute Gasteiger partial charge is 0.339 e. The number of amides is 2. The van der Waals surface area contributed by atoms with Gasteiger partial charge in [0.2, 0.25) is 5.91 Å². The van der Waals surface area contributed by atoms with Crippen molar-refractivity contribution in [3.63, 3.8) is 0 Å². The minimum Gasteiger partial charge on any atom is -0.339 e. The molecule has 36 heavy (non-hydrogen) atoms. The molecule has 6 nitrogen and oxygen atoms in total. The molecular formula is C27H24F3N3O3. The van der Waals surface area contributed by atoms with Gasteiger partial charge in [0, 0.05) is 57.0 Å². The average Bonchev–Trinajstić information content (AvgIpc) is 2.91. The molecule has 0 radical (unpaired) electrons. The lowest BCUT2D eigenvalue weighted by Gasteiger charge is -2.35. The van der Waals surface area contributed by atoms with Crippen LogP contribution in [0.15, 0.2) is 73.1 Å². The van der Waals surface area contributed by atoms with Gasteiger partial charge in [-0.2, -0.15) is 13.2 Å². The second-order valence-corrected chi connectivity index (χ2v) is 8.46. The number of Topliss-reactive ketones (excluding diaryl/α,β-unsaturated/α-hetero) is 1. The van der Waals surface area contributed by atoms with Gasteiger partial charge in [-0.1, -0.05) is 54.6 Å². The summed E-state index contributed by atoms with van der Waals surface area (Å²) >= 11 is 0. The van der Waals surface area contributed by atoms with Crippen LogP contribution in [0.25, 0.3) is 11.1 Å². The van der Waals surface area contributed by atoms with E-state index in [1.54, 1.807) is 12.1 Å². The van der Waals surface area contributed by atoms with Gasteiger partial charge in [-0.25, -0.2) is 0 Å². The maximum atomic E-state index is 13.2. The predicted octanol–water partition coefficient (Wildman–Crippen LogP) is 4.71. The predicted molar refractivity (Wildman–Crippen MR) is 127 cm³/mol. The summed E-state index contributed by atoms with van der Waals surface area (Å²) in [5.74, 6) is -1.14. The molecule has 2 aromatic carbocycles. The molecule has 186 valence electrons. The Labute approximate surface area is 206 Å². The number of carbonyl (C=O) groups excluding carboxylic acids is 3. The summed E-state index contributed by atoms with van der Waals surface area (Å²) in [6.07, 6.45) is -2.68. The Kier molecular flexibility index (Phi) is 7.47. The molecule has 1 aliphatic heterocycles. The fraction of sp³-hybridized carbons (Fsp3) is 0.259. The van der Waals surface area contributed by atoms with Gasteiger partial charge in [-0.05, 0) is 17.2 Å². The third-order valence-corrected chi connectivity index (χ3v) is 6.16. The van der Waals surface area contributed by atoms with Crippen LogP contribution in [0, 0.1) is 0 Å². The third kappa shape index (κ3) is 5.79. The van der Waals surface area contributed by atoms with Crippen molar-refractivity contribution in [3.8, 4) is 11.1 Å². The fourth-order valence-electron chi connectivity index (χ4n) is 4.14. The lowest BCUT2D eigenvalue weighted by atomic mass is 10.0. The van der Waals surface area contributed by atoms with E-state index in [4.69, 9.17) is 0 Å². The van der Waals surface area contributed by atoms with Crippen LogP contribution >= 0.6 is 0 Å². The second kappa shape index (κ2) is 10.7. The zero-order chi connectivity index (χ0) is 25.7. The maximum Gasteiger partial charge on any atom is 0.417 e. The molecule has 3 aromatic rings. The van der Waals surface area contributed by atoms with Crippen LogP contribution in [0.4, 0.5) is 13.2 Å². The fourth-order valence-corrected chi connectivity index (χ4v) is 4.14. The Morgan fingerprint density at radius 1 is 0.778 bits per heavy atom. The lowest BCUT2D eigenvalue weighted by molar-refractivity contribution is -0.138. The molecule has 0 atom stereocenters. The molecule has 2 amide bonds. The summed E-state index contributed by atoms with van der Waals surface area (Å²) in [6, 6.07) is 17.8. The van der Waals surface area contributed by atoms with Gasteiger partial charge in [-0.3, -0.25) is 19.4 Å². The summed E-state index contributed by atoms with van der Waals surface area (Å²) in [7, 11) is 0. The number of carbonyl (C=O) groups is 3. The molecule has 1 saturated heterocycles. The zero-order valence-electron chi connectivity index (χ0n) is 19.4. The van der Waals surface area contributed by atoms with Crippen molar-refractivity contribution >= 4 is 17.6 Å². The highest BCUT2D eigenvalue weighted by Crippen LogP contribution is 2.32. The molecule has 1 aromatic heterocycles. The van der Waals surface area contributed by atoms with Gasteiger partial charge in [0.25, 0.3) is 5.91 Å². The topological polar surface area (TPSA) is 70.6 Å². The summed E-state index contributed by atoms with van der Waals surface area (Å²) in [5.41, 5.74) is 1.02. The minimum atomic E-state index is -4.67. The summed E-state index contributed by atoms with van der Waals surface area (Å²) in [5, 5.41) is 0. The van der Waals surface area contributed by atoms with E-state index >= 15 is 0 Å². The van der Waals surface area contributed by atoms with Crippen molar-refractivity contribution in [3.05, 3.63) is 89.7 Å². The first-order valence-electron chi connectivity index (χ1n) is 11.5. The SMILES string of the molecule is O=C(CCC(=O)N1CCN(C(=O)c2cnccc2C(F)(F)F)CC1)c1ccc(-c2ccccc2)cc1. The largest absolute Gasteiger partial charge is 0.417 e. The molecule has 0 N–H and O–H groups in total. The normalized spacial score (nSPS) is 14.0. The van der Waals surface area contributed by atoms with E-state index in [0.717, 1.165) is 29.6 Å². The van der Waals surface area contributed by atoms with E-state index in [1.807, 2.05) is 42.5 Å². The number of benzene rings is 2. The van der Waals surface area contributed by atoms with Crippen molar-refractivity contribution in [1.29, 1.82) is 0 Å². The van der Waals surface area contributed by atoms with Crippen LogP contribution in [0.1, 0.15) is 39.1 Å². The monoisotopic (exact) mass is 495 g/mol. The van der Waals surface area contributed by atoms with Crippen LogP contribution in [-0.4, -0.2) is 58.6 Å². The van der Waals surface area contributed by atoms with Crippen molar-refractivity contribution in [2.24, 2.45) is 0 Å². The molecule has 2 heterocycles. The first kappa shape index (κ1) is 25.1. The average molecular weight is 496 g/mol. The number of rotatable bonds is 6. The Morgan fingerprint density at radius 2 is 1.39 bits per heavy atom. The first-order chi connectivity index (χ1) is 17.2. The standard InChI is InChI=1S/C27H24F3N3O3/c28-27(29,30)23-12-13-31-18-22(23)26(36)33-16-14-32(15-17-33)25(35)11-10-24(34)21-8-6-20(7-9-21)19-4-2-1-3-5-19/h1-9,12-13,18H,10-11,14-17H2. The van der Waals surface area contributed by atoms with Gasteiger partial charge in [-0.15, -0.1) is 0 Å². The molecule has 0 unspecified atom stereocenters. The molecule has 0 aliphatic carbocycles. The van der Waals surface area contributed by atoms with E-state index in [0.29, 0.717) is 5.56 Å². The number of nitrogens with zero attached hydrogens (tertiary/aromatic N) is 3. The quantitative estimate of drug-likeness (QED) is 0.465.